The van der Waals surface area contributed by atoms with Gasteiger partial charge >= 0.3 is 23.1 Å². The van der Waals surface area contributed by atoms with Crippen molar-refractivity contribution in [3.63, 3.8) is 0 Å². The summed E-state index contributed by atoms with van der Waals surface area (Å²) in [6.07, 6.45) is 0. The van der Waals surface area contributed by atoms with Crippen LogP contribution in [-0.2, 0) is 19.5 Å². The molecule has 0 aromatic heterocycles. The van der Waals surface area contributed by atoms with Gasteiger partial charge in [0.2, 0.25) is 0 Å². The van der Waals surface area contributed by atoms with Crippen LogP contribution >= 0.6 is 0 Å². The van der Waals surface area contributed by atoms with Crippen LogP contribution in [-0.4, -0.2) is 51.4 Å². The van der Waals surface area contributed by atoms with Crippen LogP contribution in [0.1, 0.15) is 2.85 Å². The van der Waals surface area contributed by atoms with Crippen LogP contribution in [0.3, 0.4) is 0 Å². The fourth-order valence-corrected chi connectivity index (χ4v) is 0. The summed E-state index contributed by atoms with van der Waals surface area (Å²) in [6, 6.07) is 0. The molecule has 0 spiro atoms. The van der Waals surface area contributed by atoms with Crippen molar-refractivity contribution in [2.24, 2.45) is 0 Å². The minimum Gasteiger partial charge on any atom is -1.00 e. The van der Waals surface area contributed by atoms with Gasteiger partial charge in [0, 0.05) is 19.5 Å². The van der Waals surface area contributed by atoms with E-state index < -0.39 is 0 Å². The third kappa shape index (κ3) is 8.91. The van der Waals surface area contributed by atoms with Crippen LogP contribution < -0.4 is 0 Å². The van der Waals surface area contributed by atoms with Crippen molar-refractivity contribution in [3.8, 4) is 0 Å². The van der Waals surface area contributed by atoms with E-state index in [1.807, 2.05) is 0 Å². The van der Waals surface area contributed by atoms with E-state index >= 15 is 0 Å². The SMILES string of the molecule is [AlH3].[H-].[H-].[Mg+2].[SiH3].[Zn]. The Balaban J connectivity index is 0. The first-order valence-corrected chi connectivity index (χ1v) is 0. The second kappa shape index (κ2) is 19.2. The minimum absolute atomic E-state index is 0. The molecule has 0 aromatic carbocycles. The van der Waals surface area contributed by atoms with Gasteiger partial charge in [0.1, 0.15) is 0 Å². The van der Waals surface area contributed by atoms with Crippen LogP contribution in [0.2, 0.25) is 0 Å². The Kier molecular flexibility index (Phi) is 170. The largest absolute Gasteiger partial charge is 2.00 e. The second-order valence-corrected chi connectivity index (χ2v) is 0. The number of rotatable bonds is 0. The Morgan fingerprint density at radius 3 is 1.25 bits per heavy atom. The monoisotopic (exact) mass is 151 g/mol. The van der Waals surface area contributed by atoms with E-state index in [1.165, 1.54) is 0 Å². The van der Waals surface area contributed by atoms with Gasteiger partial charge in [0.25, 0.3) is 0 Å². The van der Waals surface area contributed by atoms with Crippen molar-refractivity contribution in [2.45, 2.75) is 0 Å². The summed E-state index contributed by atoms with van der Waals surface area (Å²) in [7, 11) is 0. The van der Waals surface area contributed by atoms with Gasteiger partial charge in [-0.3, -0.25) is 0 Å². The maximum atomic E-state index is 0. The van der Waals surface area contributed by atoms with E-state index in [2.05, 4.69) is 0 Å². The molecule has 0 fully saturated rings. The van der Waals surface area contributed by atoms with Crippen LogP contribution in [0.15, 0.2) is 0 Å². The predicted molar refractivity (Wildman–Crippen MR) is 27.9 cm³/mol. The summed E-state index contributed by atoms with van der Waals surface area (Å²) in [6.45, 7) is 0. The second-order valence-electron chi connectivity index (χ2n) is 0. The molecule has 0 nitrogen and oxygen atoms in total. The van der Waals surface area contributed by atoms with Gasteiger partial charge in [-0.25, -0.2) is 0 Å². The third-order valence-corrected chi connectivity index (χ3v) is 0. The van der Waals surface area contributed by atoms with Crippen molar-refractivity contribution in [1.82, 2.24) is 0 Å². The molecule has 0 aliphatic carbocycles. The molecule has 0 atom stereocenters. The summed E-state index contributed by atoms with van der Waals surface area (Å²) in [4.78, 5) is 0. The minimum atomic E-state index is 0. The molecule has 0 saturated carbocycles. The summed E-state index contributed by atoms with van der Waals surface area (Å²) in [5.74, 6) is 0. The van der Waals surface area contributed by atoms with Gasteiger partial charge in [-0.1, -0.05) is 0 Å². The van der Waals surface area contributed by atoms with E-state index in [9.17, 15) is 0 Å². The van der Waals surface area contributed by atoms with Crippen LogP contribution in [0.4, 0.5) is 0 Å². The average molecular weight is 153 g/mol. The van der Waals surface area contributed by atoms with Crippen LogP contribution in [0.25, 0.3) is 0 Å². The molecule has 0 N–H and O–H groups in total. The number of hydrogen-bond donors (Lipinski definition) is 0. The molecular formula is H8AlMgSiZn. The van der Waals surface area contributed by atoms with E-state index in [-0.39, 0.29) is 73.7 Å². The maximum Gasteiger partial charge on any atom is 2.00 e. The molecule has 0 heterocycles. The molecule has 0 aliphatic heterocycles. The molecule has 1 radical (unpaired) electrons. The summed E-state index contributed by atoms with van der Waals surface area (Å²) in [5.41, 5.74) is 0. The predicted octanol–water partition coefficient (Wildman–Crippen LogP) is -2.53. The molecule has 0 amide bonds. The smallest absolute Gasteiger partial charge is 1.00 e. The van der Waals surface area contributed by atoms with E-state index in [4.69, 9.17) is 0 Å². The fourth-order valence-electron chi connectivity index (χ4n) is 0. The molecule has 0 unspecified atom stereocenters. The van der Waals surface area contributed by atoms with Crippen molar-refractivity contribution in [1.29, 1.82) is 0 Å². The standard InChI is InChI=1S/Al.Mg.H3Si.Zn.5H/h;;1H3;;;;;;/q;+2;;;;;;2*-1. The Hall–Kier alpha value is 2.14. The molecule has 0 bridgehead atoms. The summed E-state index contributed by atoms with van der Waals surface area (Å²) < 4.78 is 0. The fraction of sp³-hybridized carbons (Fsp3) is 0. The Labute approximate surface area is 73.1 Å². The van der Waals surface area contributed by atoms with Gasteiger partial charge in [-0.05, 0) is 11.0 Å². The molecule has 0 saturated heterocycles. The Morgan fingerprint density at radius 1 is 1.25 bits per heavy atom. The molecule has 0 rings (SSSR count). The van der Waals surface area contributed by atoms with E-state index in [0.717, 1.165) is 0 Å². The van der Waals surface area contributed by atoms with Crippen LogP contribution in [0, 0.1) is 0 Å². The Morgan fingerprint density at radius 2 is 1.25 bits per heavy atom. The summed E-state index contributed by atoms with van der Waals surface area (Å²) >= 11 is 0. The first kappa shape index (κ1) is 35.4. The molecule has 0 aromatic rings. The van der Waals surface area contributed by atoms with Crippen LogP contribution in [0.5, 0.6) is 0 Å². The first-order valence-electron chi connectivity index (χ1n) is 0. The van der Waals surface area contributed by atoms with Gasteiger partial charge in [-0.15, -0.1) is 0 Å². The molecule has 4 heavy (non-hydrogen) atoms. The zero-order chi connectivity index (χ0) is 0. The van der Waals surface area contributed by atoms with Crippen molar-refractivity contribution >= 4 is 51.4 Å². The average Bonchev–Trinajstić information content (AvgIpc) is 0. The number of hydrogen-bond acceptors (Lipinski definition) is 0. The molecule has 19 valence electrons. The zero-order valence-electron chi connectivity index (χ0n) is 4.41. The van der Waals surface area contributed by atoms with Crippen molar-refractivity contribution in [2.75, 3.05) is 0 Å². The van der Waals surface area contributed by atoms with Crippen molar-refractivity contribution in [3.05, 3.63) is 0 Å². The zero-order valence-corrected chi connectivity index (χ0v) is 8.80. The third-order valence-electron chi connectivity index (χ3n) is 0. The quantitative estimate of drug-likeness (QED) is 0.336. The maximum absolute atomic E-state index is 0. The molecule has 0 aliphatic rings. The molecular weight excluding hydrogens is 145 g/mol. The van der Waals surface area contributed by atoms with Gasteiger partial charge < -0.3 is 2.85 Å². The topological polar surface area (TPSA) is 0 Å². The Bertz CT molecular complexity index is 13.5. The van der Waals surface area contributed by atoms with Crippen molar-refractivity contribution < 1.29 is 22.3 Å². The van der Waals surface area contributed by atoms with Gasteiger partial charge in [-0.2, -0.15) is 0 Å². The normalized spacial score (nSPS) is 0. The summed E-state index contributed by atoms with van der Waals surface area (Å²) in [5, 5.41) is 0. The molecule has 4 heteroatoms. The van der Waals surface area contributed by atoms with E-state index in [1.54, 1.807) is 0 Å². The van der Waals surface area contributed by atoms with Gasteiger partial charge in [0.15, 0.2) is 17.4 Å². The van der Waals surface area contributed by atoms with Gasteiger partial charge in [0.05, 0.1) is 0 Å². The first-order chi connectivity index (χ1) is 0. The van der Waals surface area contributed by atoms with E-state index in [0.29, 0.717) is 0 Å².